The van der Waals surface area contributed by atoms with E-state index in [1.54, 1.807) is 24.3 Å². The summed E-state index contributed by atoms with van der Waals surface area (Å²) in [6.45, 7) is 6.11. The number of amides is 1. The van der Waals surface area contributed by atoms with Gasteiger partial charge < -0.3 is 58.4 Å². The van der Waals surface area contributed by atoms with Gasteiger partial charge in [-0.25, -0.2) is 0 Å². The zero-order valence-corrected chi connectivity index (χ0v) is 32.0. The molecule has 1 fully saturated rings. The third-order valence-corrected chi connectivity index (χ3v) is 7.30. The van der Waals surface area contributed by atoms with Gasteiger partial charge in [-0.2, -0.15) is 0 Å². The van der Waals surface area contributed by atoms with E-state index in [-0.39, 0.29) is 6.54 Å². The summed E-state index contributed by atoms with van der Waals surface area (Å²) in [5.74, 6) is -8.90. The number of anilines is 1. The molecular weight excluding hydrogens is 752 g/mol. The van der Waals surface area contributed by atoms with Crippen molar-refractivity contribution in [1.29, 1.82) is 0 Å². The van der Waals surface area contributed by atoms with Crippen molar-refractivity contribution in [1.82, 2.24) is 5.32 Å². The van der Waals surface area contributed by atoms with Crippen molar-refractivity contribution in [2.24, 2.45) is 0 Å². The number of esters is 8. The summed E-state index contributed by atoms with van der Waals surface area (Å²) in [6.07, 6.45) is -17.0. The number of nitrogens with one attached hydrogen (secondary N) is 1. The monoisotopic (exact) mass is 798 g/mol. The van der Waals surface area contributed by atoms with Gasteiger partial charge in [0.1, 0.15) is 25.4 Å². The lowest BCUT2D eigenvalue weighted by atomic mass is 9.97. The van der Waals surface area contributed by atoms with Crippen molar-refractivity contribution in [2.75, 3.05) is 18.9 Å². The van der Waals surface area contributed by atoms with Crippen molar-refractivity contribution in [3.05, 3.63) is 29.8 Å². The molecule has 1 saturated heterocycles. The van der Waals surface area contributed by atoms with Gasteiger partial charge in [-0.1, -0.05) is 12.1 Å². The fourth-order valence-electron chi connectivity index (χ4n) is 5.30. The van der Waals surface area contributed by atoms with Gasteiger partial charge in [0.05, 0.1) is 0 Å². The number of carbonyl (C=O) groups excluding carboxylic acids is 9. The third-order valence-electron chi connectivity index (χ3n) is 7.30. The maximum absolute atomic E-state index is 13.9. The van der Waals surface area contributed by atoms with Gasteiger partial charge in [0.2, 0.25) is 6.10 Å². The second-order valence-corrected chi connectivity index (χ2v) is 12.2. The average molecular weight is 799 g/mol. The number of nitrogens with two attached hydrogens (primary N) is 1. The number of rotatable bonds is 18. The number of ether oxygens (including phenoxy) is 10. The van der Waals surface area contributed by atoms with Crippen LogP contribution in [0.1, 0.15) is 61.0 Å². The van der Waals surface area contributed by atoms with Crippen molar-refractivity contribution >= 4 is 59.3 Å². The molecule has 21 nitrogen and oxygen atoms in total. The van der Waals surface area contributed by atoms with Gasteiger partial charge in [0.25, 0.3) is 5.91 Å². The summed E-state index contributed by atoms with van der Waals surface area (Å²) in [5.41, 5.74) is 6.71. The molecule has 0 saturated carbocycles. The summed E-state index contributed by atoms with van der Waals surface area (Å²) >= 11 is 0. The largest absolute Gasteiger partial charge is 0.463 e. The molecule has 1 aromatic carbocycles. The molecule has 0 aromatic heterocycles. The van der Waals surface area contributed by atoms with Crippen LogP contribution in [0.4, 0.5) is 5.69 Å². The highest BCUT2D eigenvalue weighted by Gasteiger charge is 2.56. The van der Waals surface area contributed by atoms with Gasteiger partial charge >= 0.3 is 47.8 Å². The molecule has 0 unspecified atom stereocenters. The van der Waals surface area contributed by atoms with Gasteiger partial charge in [-0.05, 0) is 17.7 Å². The summed E-state index contributed by atoms with van der Waals surface area (Å²) < 4.78 is 55.1. The van der Waals surface area contributed by atoms with E-state index in [2.05, 4.69) is 5.32 Å². The SMILES string of the molecule is CC(=O)OC[C@H]1O[C@@H](O[C@H]([C@H](OC(C)=O)[C@H](OC(C)=O)C(=O)NCc2ccc(N)cc2)[C@@H](COC(C)=O)OC(C)=O)[C@H](OC(C)=O)[C@@H](OC(C)=O)[C@H]1OC(C)=O. The second kappa shape index (κ2) is 21.9. The number of hydrogen-bond acceptors (Lipinski definition) is 20. The summed E-state index contributed by atoms with van der Waals surface area (Å²) in [7, 11) is 0. The Morgan fingerprint density at radius 3 is 1.64 bits per heavy atom. The van der Waals surface area contributed by atoms with Crippen LogP contribution in [-0.4, -0.2) is 122 Å². The van der Waals surface area contributed by atoms with E-state index >= 15 is 0 Å². The van der Waals surface area contributed by atoms with Gasteiger partial charge in [-0.3, -0.25) is 43.2 Å². The minimum absolute atomic E-state index is 0.171. The maximum Gasteiger partial charge on any atom is 0.303 e. The molecule has 56 heavy (non-hydrogen) atoms. The Kier molecular flexibility index (Phi) is 18.1. The van der Waals surface area contributed by atoms with E-state index in [1.165, 1.54) is 0 Å². The molecular formula is C35H46N2O19. The second-order valence-electron chi connectivity index (χ2n) is 12.2. The Bertz CT molecular complexity index is 1600. The zero-order valence-electron chi connectivity index (χ0n) is 32.0. The zero-order chi connectivity index (χ0) is 42.3. The topological polar surface area (TPSA) is 284 Å². The van der Waals surface area contributed by atoms with Crippen LogP contribution in [0.2, 0.25) is 0 Å². The molecule has 0 aliphatic carbocycles. The third kappa shape index (κ3) is 15.5. The van der Waals surface area contributed by atoms with Crippen molar-refractivity contribution in [2.45, 2.75) is 117 Å². The summed E-state index contributed by atoms with van der Waals surface area (Å²) in [6, 6.07) is 6.30. The maximum atomic E-state index is 13.9. The van der Waals surface area contributed by atoms with E-state index in [9.17, 15) is 43.2 Å². The molecule has 1 aliphatic rings. The van der Waals surface area contributed by atoms with Crippen LogP contribution in [0.25, 0.3) is 0 Å². The van der Waals surface area contributed by atoms with Crippen LogP contribution in [0, 0.1) is 0 Å². The fourth-order valence-corrected chi connectivity index (χ4v) is 5.30. The van der Waals surface area contributed by atoms with Gasteiger partial charge in [0.15, 0.2) is 36.8 Å². The van der Waals surface area contributed by atoms with Crippen LogP contribution < -0.4 is 11.1 Å². The minimum Gasteiger partial charge on any atom is -0.463 e. The Labute approximate surface area is 320 Å². The molecule has 0 bridgehead atoms. The molecule has 2 rings (SSSR count). The summed E-state index contributed by atoms with van der Waals surface area (Å²) in [5, 5.41) is 2.54. The molecule has 1 aliphatic heterocycles. The molecule has 21 heteroatoms. The molecule has 0 spiro atoms. The first-order valence-electron chi connectivity index (χ1n) is 16.9. The quantitative estimate of drug-likeness (QED) is 0.110. The first-order valence-corrected chi connectivity index (χ1v) is 16.9. The number of benzene rings is 1. The van der Waals surface area contributed by atoms with E-state index in [0.29, 0.717) is 11.3 Å². The average Bonchev–Trinajstić information content (AvgIpc) is 3.07. The van der Waals surface area contributed by atoms with Crippen LogP contribution in [0.3, 0.4) is 0 Å². The molecule has 0 radical (unpaired) electrons. The smallest absolute Gasteiger partial charge is 0.303 e. The van der Waals surface area contributed by atoms with Crippen LogP contribution >= 0.6 is 0 Å². The lowest BCUT2D eigenvalue weighted by Crippen LogP contribution is -2.65. The highest BCUT2D eigenvalue weighted by molar-refractivity contribution is 5.84. The highest BCUT2D eigenvalue weighted by Crippen LogP contribution is 2.33. The minimum atomic E-state index is -2.11. The Morgan fingerprint density at radius 1 is 0.625 bits per heavy atom. The Morgan fingerprint density at radius 2 is 1.14 bits per heavy atom. The number of carbonyl (C=O) groups is 9. The predicted molar refractivity (Wildman–Crippen MR) is 183 cm³/mol. The van der Waals surface area contributed by atoms with Crippen LogP contribution in [0.15, 0.2) is 24.3 Å². The number of hydrogen-bond donors (Lipinski definition) is 2. The standard InChI is InChI=1S/C35H46N2O19/c1-16(38)47-14-26(49-18(3)40)29(30(51-20(5)42)32(53-22(7)44)34(46)37-13-24-9-11-25(36)12-10-24)56-35-33(54-23(8)45)31(52-21(6)43)28(50-19(4)41)27(55-35)15-48-17(2)39/h9-12,26-33,35H,13-15,36H2,1-8H3,(H,37,46)/t26-,27-,28+,29+,30+,31+,32+,33-,35+/m1/s1. The predicted octanol–water partition coefficient (Wildman–Crippen LogP) is -0.288. The van der Waals surface area contributed by atoms with Crippen molar-refractivity contribution in [3.8, 4) is 0 Å². The van der Waals surface area contributed by atoms with Crippen LogP contribution in [-0.2, 0) is 97.1 Å². The van der Waals surface area contributed by atoms with E-state index < -0.39 is 122 Å². The fraction of sp³-hybridized carbons (Fsp3) is 0.571. The van der Waals surface area contributed by atoms with Crippen LogP contribution in [0.5, 0.6) is 0 Å². The number of nitrogen functional groups attached to an aromatic ring is 1. The molecule has 9 atom stereocenters. The highest BCUT2D eigenvalue weighted by atomic mass is 16.8. The molecule has 3 N–H and O–H groups in total. The lowest BCUT2D eigenvalue weighted by molar-refractivity contribution is -0.331. The van der Waals surface area contributed by atoms with Crippen molar-refractivity contribution in [3.63, 3.8) is 0 Å². The van der Waals surface area contributed by atoms with Crippen molar-refractivity contribution < 1.29 is 90.5 Å². The normalized spacial score (nSPS) is 21.0. The molecule has 310 valence electrons. The molecule has 1 aromatic rings. The summed E-state index contributed by atoms with van der Waals surface area (Å²) in [4.78, 5) is 112. The first-order chi connectivity index (χ1) is 26.2. The lowest BCUT2D eigenvalue weighted by Gasteiger charge is -2.46. The van der Waals surface area contributed by atoms with Gasteiger partial charge in [0, 0.05) is 67.6 Å². The Hall–Kier alpha value is -5.83. The first kappa shape index (κ1) is 46.3. The molecule has 1 amide bonds. The van der Waals surface area contributed by atoms with E-state index in [4.69, 9.17) is 53.1 Å². The molecule has 1 heterocycles. The van der Waals surface area contributed by atoms with Gasteiger partial charge in [-0.15, -0.1) is 0 Å². The van der Waals surface area contributed by atoms with E-state index in [0.717, 1.165) is 55.4 Å². The van der Waals surface area contributed by atoms with E-state index in [1.807, 2.05) is 0 Å². The Balaban J connectivity index is 2.87.